The van der Waals surface area contributed by atoms with E-state index in [9.17, 15) is 4.79 Å². The van der Waals surface area contributed by atoms with Gasteiger partial charge < -0.3 is 20.4 Å². The monoisotopic (exact) mass is 343 g/mol. The Balaban J connectivity index is 1.37. The number of H-pyrrole nitrogens is 1. The molecule has 0 saturated carbocycles. The lowest BCUT2D eigenvalue weighted by Gasteiger charge is -2.21. The first kappa shape index (κ1) is 15.6. The molecule has 1 aromatic heterocycles. The summed E-state index contributed by atoms with van der Waals surface area (Å²) >= 11 is 1.61. The zero-order chi connectivity index (χ0) is 16.5. The molecular formula is C18H21N3O2S. The van der Waals surface area contributed by atoms with E-state index in [1.54, 1.807) is 18.9 Å². The molecule has 24 heavy (non-hydrogen) atoms. The number of aromatic nitrogens is 1. The van der Waals surface area contributed by atoms with Crippen molar-refractivity contribution in [3.63, 3.8) is 0 Å². The van der Waals surface area contributed by atoms with E-state index < -0.39 is 0 Å². The zero-order valence-corrected chi connectivity index (χ0v) is 14.4. The third kappa shape index (κ3) is 3.16. The standard InChI is InChI=1S/C18H21N3O2S/c1-23-16-8-9-17(21-16)24-13-5-2-11(3-6-13)18(22)20-15-10-12-4-7-14(15)19-12/h2-3,5-6,8-9,12,14-15,19,21H,4,7,10H2,1H3,(H,20,22). The number of methoxy groups -OCH3 is 1. The highest BCUT2D eigenvalue weighted by Crippen LogP contribution is 2.30. The zero-order valence-electron chi connectivity index (χ0n) is 13.5. The van der Waals surface area contributed by atoms with Crippen molar-refractivity contribution < 1.29 is 9.53 Å². The van der Waals surface area contributed by atoms with Crippen molar-refractivity contribution in [3.05, 3.63) is 42.0 Å². The fourth-order valence-corrected chi connectivity index (χ4v) is 4.39. The van der Waals surface area contributed by atoms with Gasteiger partial charge in [-0.2, -0.15) is 0 Å². The fraction of sp³-hybridized carbons (Fsp3) is 0.389. The molecule has 2 aromatic rings. The third-order valence-electron chi connectivity index (χ3n) is 4.81. The van der Waals surface area contributed by atoms with E-state index in [2.05, 4.69) is 15.6 Å². The van der Waals surface area contributed by atoms with Crippen LogP contribution in [0.2, 0.25) is 0 Å². The summed E-state index contributed by atoms with van der Waals surface area (Å²) in [6.45, 7) is 0. The second kappa shape index (κ2) is 6.53. The van der Waals surface area contributed by atoms with E-state index in [1.807, 2.05) is 36.4 Å². The van der Waals surface area contributed by atoms with Gasteiger partial charge >= 0.3 is 0 Å². The van der Waals surface area contributed by atoms with E-state index >= 15 is 0 Å². The van der Waals surface area contributed by atoms with Gasteiger partial charge in [0, 0.05) is 34.7 Å². The number of amides is 1. The van der Waals surface area contributed by atoms with Gasteiger partial charge in [0.1, 0.15) is 0 Å². The highest BCUT2D eigenvalue weighted by Gasteiger charge is 2.39. The predicted molar refractivity (Wildman–Crippen MR) is 93.7 cm³/mol. The Bertz CT molecular complexity index is 728. The Hall–Kier alpha value is -1.92. The third-order valence-corrected chi connectivity index (χ3v) is 5.78. The maximum atomic E-state index is 12.4. The molecule has 0 radical (unpaired) electrons. The molecule has 3 N–H and O–H groups in total. The average Bonchev–Trinajstić information content (AvgIpc) is 3.32. The second-order valence-electron chi connectivity index (χ2n) is 6.38. The van der Waals surface area contributed by atoms with Crippen LogP contribution in [0, 0.1) is 0 Å². The summed E-state index contributed by atoms with van der Waals surface area (Å²) in [6.07, 6.45) is 3.47. The minimum absolute atomic E-state index is 0.0208. The molecule has 5 nitrogen and oxygen atoms in total. The van der Waals surface area contributed by atoms with E-state index in [0.29, 0.717) is 17.6 Å². The Labute approximate surface area is 145 Å². The van der Waals surface area contributed by atoms with Crippen molar-refractivity contribution in [2.24, 2.45) is 0 Å². The van der Waals surface area contributed by atoms with E-state index in [4.69, 9.17) is 4.74 Å². The molecule has 1 aromatic carbocycles. The molecule has 2 aliphatic heterocycles. The number of fused-ring (bicyclic) bond motifs is 2. The highest BCUT2D eigenvalue weighted by atomic mass is 32.2. The van der Waals surface area contributed by atoms with Crippen LogP contribution in [0.4, 0.5) is 0 Å². The topological polar surface area (TPSA) is 66.2 Å². The number of benzene rings is 1. The van der Waals surface area contributed by atoms with Crippen molar-refractivity contribution in [3.8, 4) is 5.88 Å². The molecule has 6 heteroatoms. The van der Waals surface area contributed by atoms with Crippen LogP contribution in [0.1, 0.15) is 29.6 Å². The maximum absolute atomic E-state index is 12.4. The molecular weight excluding hydrogens is 322 g/mol. The van der Waals surface area contributed by atoms with Gasteiger partial charge in [0.05, 0.1) is 12.1 Å². The van der Waals surface area contributed by atoms with Crippen LogP contribution in [-0.4, -0.2) is 36.1 Å². The van der Waals surface area contributed by atoms with Crippen molar-refractivity contribution in [1.29, 1.82) is 0 Å². The summed E-state index contributed by atoms with van der Waals surface area (Å²) < 4.78 is 5.14. The van der Waals surface area contributed by atoms with Gasteiger partial charge in [0.15, 0.2) is 5.88 Å². The molecule has 2 bridgehead atoms. The van der Waals surface area contributed by atoms with Gasteiger partial charge in [-0.05, 0) is 49.6 Å². The van der Waals surface area contributed by atoms with Crippen LogP contribution in [0.5, 0.6) is 5.88 Å². The van der Waals surface area contributed by atoms with Crippen LogP contribution in [0.3, 0.4) is 0 Å². The van der Waals surface area contributed by atoms with Crippen molar-refractivity contribution in [2.45, 2.75) is 47.3 Å². The molecule has 2 fully saturated rings. The van der Waals surface area contributed by atoms with Crippen LogP contribution in [0.25, 0.3) is 0 Å². The van der Waals surface area contributed by atoms with Crippen LogP contribution in [-0.2, 0) is 0 Å². The summed E-state index contributed by atoms with van der Waals surface area (Å²) in [5.41, 5.74) is 0.714. The van der Waals surface area contributed by atoms with Gasteiger partial charge in [0.25, 0.3) is 5.91 Å². The molecule has 2 saturated heterocycles. The van der Waals surface area contributed by atoms with Gasteiger partial charge in [-0.3, -0.25) is 4.79 Å². The van der Waals surface area contributed by atoms with Gasteiger partial charge in [0.2, 0.25) is 0 Å². The van der Waals surface area contributed by atoms with Crippen LogP contribution < -0.4 is 15.4 Å². The lowest BCUT2D eigenvalue weighted by atomic mass is 9.95. The summed E-state index contributed by atoms with van der Waals surface area (Å²) in [6, 6.07) is 12.9. The lowest BCUT2D eigenvalue weighted by molar-refractivity contribution is 0.0931. The number of hydrogen-bond donors (Lipinski definition) is 3. The molecule has 1 amide bonds. The van der Waals surface area contributed by atoms with Gasteiger partial charge in [-0.25, -0.2) is 0 Å². The summed E-state index contributed by atoms with van der Waals surface area (Å²) in [4.78, 5) is 16.7. The minimum atomic E-state index is 0.0208. The lowest BCUT2D eigenvalue weighted by Crippen LogP contribution is -2.42. The molecule has 3 unspecified atom stereocenters. The Morgan fingerprint density at radius 3 is 2.67 bits per heavy atom. The van der Waals surface area contributed by atoms with Crippen molar-refractivity contribution in [1.82, 2.24) is 15.6 Å². The Kier molecular flexibility index (Phi) is 4.24. The number of rotatable bonds is 5. The average molecular weight is 343 g/mol. The second-order valence-corrected chi connectivity index (χ2v) is 7.50. The first-order valence-electron chi connectivity index (χ1n) is 8.29. The summed E-state index contributed by atoms with van der Waals surface area (Å²) in [5, 5.41) is 7.73. The Morgan fingerprint density at radius 1 is 1.21 bits per heavy atom. The molecule has 0 spiro atoms. The first-order valence-corrected chi connectivity index (χ1v) is 9.11. The number of carbonyl (C=O) groups excluding carboxylic acids is 1. The van der Waals surface area contributed by atoms with E-state index in [0.717, 1.165) is 22.2 Å². The predicted octanol–water partition coefficient (Wildman–Crippen LogP) is 2.80. The largest absolute Gasteiger partial charge is 0.482 e. The minimum Gasteiger partial charge on any atom is -0.482 e. The molecule has 3 atom stereocenters. The molecule has 0 aliphatic carbocycles. The number of aromatic amines is 1. The first-order chi connectivity index (χ1) is 11.7. The molecule has 2 aliphatic rings. The van der Waals surface area contributed by atoms with Crippen molar-refractivity contribution in [2.75, 3.05) is 7.11 Å². The Morgan fingerprint density at radius 2 is 2.04 bits per heavy atom. The van der Waals surface area contributed by atoms with Gasteiger partial charge in [-0.1, -0.05) is 11.8 Å². The van der Waals surface area contributed by atoms with Gasteiger partial charge in [-0.15, -0.1) is 0 Å². The normalized spacial score (nSPS) is 25.0. The van der Waals surface area contributed by atoms with E-state index in [-0.39, 0.29) is 11.9 Å². The highest BCUT2D eigenvalue weighted by molar-refractivity contribution is 7.99. The SMILES string of the molecule is COc1ccc(Sc2ccc(C(=O)NC3CC4CCC3N4)cc2)[nH]1. The number of hydrogen-bond acceptors (Lipinski definition) is 4. The summed E-state index contributed by atoms with van der Waals surface area (Å²) in [7, 11) is 1.64. The number of nitrogens with one attached hydrogen (secondary N) is 3. The van der Waals surface area contributed by atoms with Crippen LogP contribution in [0.15, 0.2) is 46.3 Å². The quantitative estimate of drug-likeness (QED) is 0.781. The van der Waals surface area contributed by atoms with Crippen LogP contribution >= 0.6 is 11.8 Å². The molecule has 126 valence electrons. The number of carbonyl (C=O) groups is 1. The van der Waals surface area contributed by atoms with Crippen molar-refractivity contribution >= 4 is 17.7 Å². The maximum Gasteiger partial charge on any atom is 0.251 e. The molecule has 4 rings (SSSR count). The fourth-order valence-electron chi connectivity index (χ4n) is 3.57. The molecule has 3 heterocycles. The van der Waals surface area contributed by atoms with E-state index in [1.165, 1.54) is 12.8 Å². The number of ether oxygens (including phenoxy) is 1. The smallest absolute Gasteiger partial charge is 0.251 e. The summed E-state index contributed by atoms with van der Waals surface area (Å²) in [5.74, 6) is 0.764.